The summed E-state index contributed by atoms with van der Waals surface area (Å²) < 4.78 is 8.93. The van der Waals surface area contributed by atoms with E-state index in [1.165, 1.54) is 11.3 Å². The van der Waals surface area contributed by atoms with Crippen molar-refractivity contribution in [3.63, 3.8) is 0 Å². The zero-order valence-corrected chi connectivity index (χ0v) is 26.1. The third kappa shape index (κ3) is 4.05. The van der Waals surface area contributed by atoms with Gasteiger partial charge in [-0.2, -0.15) is 0 Å². The maximum Gasteiger partial charge on any atom is 0.211 e. The maximum atomic E-state index is 12.8. The predicted octanol–water partition coefficient (Wildman–Crippen LogP) is 7.46. The molecule has 3 aromatic carbocycles. The van der Waals surface area contributed by atoms with Gasteiger partial charge in [0.2, 0.25) is 5.36 Å². The van der Waals surface area contributed by atoms with Gasteiger partial charge in [0.25, 0.3) is 0 Å². The molecule has 214 valence electrons. The van der Waals surface area contributed by atoms with Crippen LogP contribution in [0.2, 0.25) is 20.1 Å². The Hall–Kier alpha value is -2.96. The van der Waals surface area contributed by atoms with Gasteiger partial charge >= 0.3 is 0 Å². The summed E-state index contributed by atoms with van der Waals surface area (Å²) in [6.45, 7) is 2.01. The highest BCUT2D eigenvalue weighted by atomic mass is 35.5. The minimum Gasteiger partial charge on any atom is -0.545 e. The molecular weight excluding hydrogens is 614 g/mol. The first-order valence-electron chi connectivity index (χ1n) is 14.0. The molecule has 0 amide bonds. The van der Waals surface area contributed by atoms with Crippen molar-refractivity contribution < 1.29 is 14.3 Å². The van der Waals surface area contributed by atoms with Crippen molar-refractivity contribution >= 4 is 79.8 Å². The number of hydrogen-bond donors (Lipinski definition) is 0. The molecule has 0 radical (unpaired) electrons. The summed E-state index contributed by atoms with van der Waals surface area (Å²) in [5, 5.41) is 16.0. The maximum absolute atomic E-state index is 12.8. The quantitative estimate of drug-likeness (QED) is 0.0662. The van der Waals surface area contributed by atoms with E-state index in [9.17, 15) is 9.90 Å². The highest BCUT2D eigenvalue weighted by Crippen LogP contribution is 2.53. The van der Waals surface area contributed by atoms with E-state index in [1.54, 1.807) is 0 Å². The SMILES string of the molecule is C[N+](C)=c1cc2oc3c4c5c(cc3c(-c3c(Cl)c(Cl)c(Cl)c(Cl)c3C(=O)[O-])c-2c2ccccc12)CCCCN5CCC4. The van der Waals surface area contributed by atoms with Crippen LogP contribution >= 0.6 is 46.4 Å². The molecule has 0 fully saturated rings. The average Bonchev–Trinajstić information content (AvgIpc) is 3.19. The molecule has 5 nitrogen and oxygen atoms in total. The van der Waals surface area contributed by atoms with E-state index < -0.39 is 5.97 Å². The number of halogens is 4. The van der Waals surface area contributed by atoms with Gasteiger partial charge in [-0.05, 0) is 55.2 Å². The lowest BCUT2D eigenvalue weighted by atomic mass is 9.84. The fourth-order valence-corrected chi connectivity index (χ4v) is 7.92. The summed E-state index contributed by atoms with van der Waals surface area (Å²) in [5.74, 6) is -0.890. The summed E-state index contributed by atoms with van der Waals surface area (Å²) in [4.78, 5) is 15.2. The number of fused-ring (bicyclic) bond motifs is 5. The number of carbonyl (C=O) groups is 1. The molecule has 4 aliphatic rings. The molecule has 0 bridgehead atoms. The summed E-state index contributed by atoms with van der Waals surface area (Å²) >= 11 is 26.6. The van der Waals surface area contributed by atoms with Crippen LogP contribution in [0.15, 0.2) is 40.8 Å². The molecule has 0 atom stereocenters. The monoisotopic (exact) mass is 638 g/mol. The Balaban J connectivity index is 1.81. The molecule has 9 heteroatoms. The van der Waals surface area contributed by atoms with E-state index >= 15 is 0 Å². The zero-order valence-electron chi connectivity index (χ0n) is 23.0. The fourth-order valence-electron chi connectivity index (χ4n) is 6.89. The molecule has 7 rings (SSSR count). The van der Waals surface area contributed by atoms with Gasteiger partial charge in [0, 0.05) is 52.0 Å². The number of rotatable bonds is 2. The number of hydrogen-bond acceptors (Lipinski definition) is 4. The normalized spacial score (nSPS) is 14.9. The van der Waals surface area contributed by atoms with Gasteiger partial charge in [0.1, 0.15) is 25.4 Å². The first kappa shape index (κ1) is 27.8. The highest BCUT2D eigenvalue weighted by Gasteiger charge is 2.33. The minimum absolute atomic E-state index is 0.00467. The van der Waals surface area contributed by atoms with E-state index in [1.807, 2.05) is 49.0 Å². The Kier molecular flexibility index (Phi) is 6.86. The Bertz CT molecular complexity index is 2030. The zero-order chi connectivity index (χ0) is 29.4. The Labute approximate surface area is 262 Å². The number of benzene rings is 4. The van der Waals surface area contributed by atoms with Gasteiger partial charge < -0.3 is 19.2 Å². The van der Waals surface area contributed by atoms with Crippen LogP contribution in [0.4, 0.5) is 5.69 Å². The van der Waals surface area contributed by atoms with Crippen molar-refractivity contribution in [1.29, 1.82) is 0 Å². The topological polar surface area (TPSA) is 59.5 Å². The molecule has 0 saturated carbocycles. The summed E-state index contributed by atoms with van der Waals surface area (Å²) in [6, 6.07) is 12.1. The first-order valence-corrected chi connectivity index (χ1v) is 15.5. The number of nitrogens with zero attached hydrogens (tertiary/aromatic N) is 2. The second-order valence-corrected chi connectivity index (χ2v) is 12.8. The number of aromatic carboxylic acids is 1. The van der Waals surface area contributed by atoms with Crippen molar-refractivity contribution in [2.45, 2.75) is 32.1 Å². The predicted molar refractivity (Wildman–Crippen MR) is 171 cm³/mol. The van der Waals surface area contributed by atoms with Crippen LogP contribution in [-0.2, 0) is 12.8 Å². The molecule has 3 heterocycles. The molecule has 3 aliphatic heterocycles. The molecule has 0 spiro atoms. The second kappa shape index (κ2) is 10.3. The van der Waals surface area contributed by atoms with E-state index in [2.05, 4.69) is 11.0 Å². The van der Waals surface area contributed by atoms with Gasteiger partial charge in [-0.25, -0.2) is 4.58 Å². The number of carboxylic acid groups (broad SMARTS) is 1. The lowest BCUT2D eigenvalue weighted by molar-refractivity contribution is -0.254. The van der Waals surface area contributed by atoms with Crippen molar-refractivity contribution in [2.75, 3.05) is 32.1 Å². The van der Waals surface area contributed by atoms with Gasteiger partial charge in [0.15, 0.2) is 0 Å². The molecule has 0 aromatic heterocycles. The standard InChI is InChI=1S/C33H26Cl4N2O3/c1-38(2)21-15-22-23(18-10-4-3-9-17(18)21)24(25-26(33(40)41)28(35)30(37)29(36)27(25)34)20-14-16-8-5-6-12-39-13-7-11-19(31(16)39)32(20)42-22/h3-4,9-10,14-15H,5-8,11-13H2,1-2H3. The molecule has 3 aromatic rings. The van der Waals surface area contributed by atoms with Gasteiger partial charge in [-0.15, -0.1) is 0 Å². The van der Waals surface area contributed by atoms with Gasteiger partial charge in [0.05, 0.1) is 37.5 Å². The minimum atomic E-state index is -1.49. The summed E-state index contributed by atoms with van der Waals surface area (Å²) in [5.41, 5.74) is 5.51. The smallest absolute Gasteiger partial charge is 0.211 e. The van der Waals surface area contributed by atoms with Crippen LogP contribution in [0.5, 0.6) is 0 Å². The number of carboxylic acids is 1. The Morgan fingerprint density at radius 2 is 1.55 bits per heavy atom. The lowest BCUT2D eigenvalue weighted by Crippen LogP contribution is -2.30. The van der Waals surface area contributed by atoms with Crippen LogP contribution in [-0.4, -0.2) is 33.2 Å². The molecule has 0 N–H and O–H groups in total. The first-order chi connectivity index (χ1) is 20.2. The third-order valence-corrected chi connectivity index (χ3v) is 10.4. The van der Waals surface area contributed by atoms with E-state index in [4.69, 9.17) is 50.8 Å². The van der Waals surface area contributed by atoms with E-state index in [-0.39, 0.29) is 31.2 Å². The van der Waals surface area contributed by atoms with Gasteiger partial charge in [-0.3, -0.25) is 0 Å². The van der Waals surface area contributed by atoms with E-state index in [0.717, 1.165) is 77.8 Å². The fraction of sp³-hybridized carbons (Fsp3) is 0.273. The number of anilines is 1. The molecule has 0 saturated heterocycles. The van der Waals surface area contributed by atoms with E-state index in [0.29, 0.717) is 16.9 Å². The molecule has 0 unspecified atom stereocenters. The van der Waals surface area contributed by atoms with Crippen LogP contribution in [0.3, 0.4) is 0 Å². The number of aryl methyl sites for hydroxylation is 2. The highest BCUT2D eigenvalue weighted by molar-refractivity contribution is 6.54. The molecule has 1 aliphatic carbocycles. The summed E-state index contributed by atoms with van der Waals surface area (Å²) in [6.07, 6.45) is 4.93. The molecule has 42 heavy (non-hydrogen) atoms. The van der Waals surface area contributed by atoms with Crippen LogP contribution in [0.1, 0.15) is 40.7 Å². The van der Waals surface area contributed by atoms with Crippen LogP contribution in [0.25, 0.3) is 44.2 Å². The number of carbonyl (C=O) groups excluding carboxylic acids is 1. The van der Waals surface area contributed by atoms with Crippen molar-refractivity contribution in [2.24, 2.45) is 0 Å². The lowest BCUT2D eigenvalue weighted by Gasteiger charge is -2.33. The van der Waals surface area contributed by atoms with Gasteiger partial charge in [-0.1, -0.05) is 64.6 Å². The Morgan fingerprint density at radius 3 is 2.29 bits per heavy atom. The van der Waals surface area contributed by atoms with Crippen LogP contribution < -0.4 is 19.9 Å². The van der Waals surface area contributed by atoms with Crippen molar-refractivity contribution in [3.8, 4) is 22.5 Å². The largest absolute Gasteiger partial charge is 0.545 e. The Morgan fingerprint density at radius 1 is 0.833 bits per heavy atom. The second-order valence-electron chi connectivity index (χ2n) is 11.3. The van der Waals surface area contributed by atoms with Crippen LogP contribution in [0, 0.1) is 0 Å². The van der Waals surface area contributed by atoms with Crippen molar-refractivity contribution in [1.82, 2.24) is 4.58 Å². The van der Waals surface area contributed by atoms with Crippen molar-refractivity contribution in [3.05, 3.63) is 78.5 Å². The average molecular weight is 640 g/mol. The third-order valence-electron chi connectivity index (χ3n) is 8.64. The summed E-state index contributed by atoms with van der Waals surface area (Å²) in [7, 11) is 3.97. The molecular formula is C33H26Cl4N2O3.